The highest BCUT2D eigenvalue weighted by Crippen LogP contribution is 2.23. The second-order valence-corrected chi connectivity index (χ2v) is 4.55. The Morgan fingerprint density at radius 3 is 1.35 bits per heavy atom. The molecule has 0 saturated carbocycles. The third kappa shape index (κ3) is 3.65. The molecule has 0 spiro atoms. The largest absolute Gasteiger partial charge is 0.508 e. The van der Waals surface area contributed by atoms with Crippen LogP contribution in [-0.4, -0.2) is 15.3 Å². The molecule has 0 bridgehead atoms. The number of fused-ring (bicyclic) bond motifs is 1. The Morgan fingerprint density at radius 1 is 0.550 bits per heavy atom. The molecule has 0 aliphatic heterocycles. The lowest BCUT2D eigenvalue weighted by Crippen LogP contribution is -1.71. The van der Waals surface area contributed by atoms with Crippen LogP contribution >= 0.6 is 0 Å². The summed E-state index contributed by atoms with van der Waals surface area (Å²) >= 11 is 0. The van der Waals surface area contributed by atoms with Crippen LogP contribution in [0, 0.1) is 6.92 Å². The molecule has 0 heterocycles. The number of hydrogen-bond donors (Lipinski definition) is 3. The van der Waals surface area contributed by atoms with Gasteiger partial charge in [0.25, 0.3) is 0 Å². The molecule has 3 N–H and O–H groups in total. The molecular weight excluding hydrogens is 252 g/mol. The third-order valence-corrected chi connectivity index (χ3v) is 2.84. The van der Waals surface area contributed by atoms with Crippen molar-refractivity contribution < 1.29 is 15.3 Å². The summed E-state index contributed by atoms with van der Waals surface area (Å²) in [6.45, 7) is 1.99. The first-order valence-electron chi connectivity index (χ1n) is 6.22. The summed E-state index contributed by atoms with van der Waals surface area (Å²) in [6.07, 6.45) is 0. The van der Waals surface area contributed by atoms with Crippen molar-refractivity contribution >= 4 is 10.8 Å². The van der Waals surface area contributed by atoms with Crippen LogP contribution in [0.1, 0.15) is 5.56 Å². The first-order chi connectivity index (χ1) is 9.54. The van der Waals surface area contributed by atoms with Crippen LogP contribution in [0.3, 0.4) is 0 Å². The smallest absolute Gasteiger partial charge is 0.116 e. The summed E-state index contributed by atoms with van der Waals surface area (Å²) in [5.41, 5.74) is 1.17. The predicted octanol–water partition coefficient (Wildman–Crippen LogP) is 3.95. The fraction of sp³-hybridized carbons (Fsp3) is 0.0588. The van der Waals surface area contributed by atoms with Gasteiger partial charge in [-0.1, -0.05) is 29.8 Å². The number of phenols is 3. The van der Waals surface area contributed by atoms with Gasteiger partial charge in [-0.2, -0.15) is 0 Å². The quantitative estimate of drug-likeness (QED) is 0.578. The van der Waals surface area contributed by atoms with Crippen molar-refractivity contribution in [2.45, 2.75) is 6.92 Å². The van der Waals surface area contributed by atoms with Gasteiger partial charge >= 0.3 is 0 Å². The van der Waals surface area contributed by atoms with E-state index in [2.05, 4.69) is 0 Å². The summed E-state index contributed by atoms with van der Waals surface area (Å²) in [5.74, 6) is 0.817. The van der Waals surface area contributed by atoms with Crippen LogP contribution in [-0.2, 0) is 0 Å². The fourth-order valence-electron chi connectivity index (χ4n) is 1.77. The minimum atomic E-state index is 0.244. The van der Waals surface area contributed by atoms with E-state index in [1.165, 1.54) is 5.56 Å². The molecule has 0 aliphatic rings. The summed E-state index contributed by atoms with van der Waals surface area (Å²) in [5, 5.41) is 28.9. The van der Waals surface area contributed by atoms with Crippen molar-refractivity contribution in [1.29, 1.82) is 0 Å². The van der Waals surface area contributed by atoms with Crippen LogP contribution in [0.5, 0.6) is 17.2 Å². The molecule has 0 amide bonds. The lowest BCUT2D eigenvalue weighted by molar-refractivity contribution is 0.474. The third-order valence-electron chi connectivity index (χ3n) is 2.84. The van der Waals surface area contributed by atoms with Crippen LogP contribution in [0.25, 0.3) is 10.8 Å². The van der Waals surface area contributed by atoms with Crippen molar-refractivity contribution in [2.75, 3.05) is 0 Å². The van der Waals surface area contributed by atoms with E-state index in [1.807, 2.05) is 19.1 Å². The highest BCUT2D eigenvalue weighted by atomic mass is 16.3. The Morgan fingerprint density at radius 2 is 0.950 bits per heavy atom. The highest BCUT2D eigenvalue weighted by molar-refractivity contribution is 5.84. The Labute approximate surface area is 117 Å². The summed E-state index contributed by atoms with van der Waals surface area (Å²) < 4.78 is 0. The molecule has 0 saturated heterocycles. The summed E-state index contributed by atoms with van der Waals surface area (Å²) in [7, 11) is 0. The van der Waals surface area contributed by atoms with E-state index in [4.69, 9.17) is 15.3 Å². The molecule has 3 rings (SSSR count). The maximum absolute atomic E-state index is 9.14. The van der Waals surface area contributed by atoms with Gasteiger partial charge in [0.1, 0.15) is 17.2 Å². The van der Waals surface area contributed by atoms with Crippen LogP contribution in [0.15, 0.2) is 60.7 Å². The average Bonchev–Trinajstić information content (AvgIpc) is 2.43. The molecule has 0 atom stereocenters. The van der Waals surface area contributed by atoms with E-state index in [0.717, 1.165) is 10.8 Å². The van der Waals surface area contributed by atoms with Gasteiger partial charge < -0.3 is 15.3 Å². The minimum Gasteiger partial charge on any atom is -0.508 e. The number of benzene rings is 3. The first kappa shape index (κ1) is 13.7. The number of hydrogen-bond acceptors (Lipinski definition) is 3. The topological polar surface area (TPSA) is 60.7 Å². The van der Waals surface area contributed by atoms with Gasteiger partial charge in [-0.25, -0.2) is 0 Å². The van der Waals surface area contributed by atoms with Crippen molar-refractivity contribution in [3.63, 3.8) is 0 Å². The maximum atomic E-state index is 9.14. The summed E-state index contributed by atoms with van der Waals surface area (Å²) in [4.78, 5) is 0. The molecule has 0 aliphatic carbocycles. The van der Waals surface area contributed by atoms with Gasteiger partial charge in [0.2, 0.25) is 0 Å². The monoisotopic (exact) mass is 268 g/mol. The zero-order valence-corrected chi connectivity index (χ0v) is 11.1. The molecule has 102 valence electrons. The molecule has 0 aromatic heterocycles. The summed E-state index contributed by atoms with van der Waals surface area (Å²) in [6, 6.07) is 17.2. The lowest BCUT2D eigenvalue weighted by Gasteiger charge is -1.98. The first-order valence-corrected chi connectivity index (χ1v) is 6.22. The van der Waals surface area contributed by atoms with Gasteiger partial charge in [-0.15, -0.1) is 0 Å². The second kappa shape index (κ2) is 5.97. The lowest BCUT2D eigenvalue weighted by atomic mass is 10.1. The normalized spacial score (nSPS) is 9.85. The number of rotatable bonds is 0. The molecular formula is C17H16O3. The Balaban J connectivity index is 0.000000160. The zero-order valence-electron chi connectivity index (χ0n) is 11.1. The van der Waals surface area contributed by atoms with Gasteiger partial charge in [-0.3, -0.25) is 0 Å². The molecule has 20 heavy (non-hydrogen) atoms. The van der Waals surface area contributed by atoms with Gasteiger partial charge in [0, 0.05) is 0 Å². The van der Waals surface area contributed by atoms with E-state index in [9.17, 15) is 0 Å². The molecule has 3 heteroatoms. The van der Waals surface area contributed by atoms with Gasteiger partial charge in [0.15, 0.2) is 0 Å². The van der Waals surface area contributed by atoms with E-state index in [0.29, 0.717) is 5.75 Å². The standard InChI is InChI=1S/C10H8O2.C7H8O/c11-9-3-1-7-5-10(12)4-2-8(7)6-9;1-6-2-4-7(8)5-3-6/h1-6,11-12H;2-5,8H,1H3. The van der Waals surface area contributed by atoms with E-state index < -0.39 is 0 Å². The number of aromatic hydroxyl groups is 3. The fourth-order valence-corrected chi connectivity index (χ4v) is 1.77. The van der Waals surface area contributed by atoms with Crippen LogP contribution < -0.4 is 0 Å². The highest BCUT2D eigenvalue weighted by Gasteiger charge is 1.95. The molecule has 0 radical (unpaired) electrons. The predicted molar refractivity (Wildman–Crippen MR) is 80.1 cm³/mol. The van der Waals surface area contributed by atoms with Gasteiger partial charge in [0.05, 0.1) is 0 Å². The van der Waals surface area contributed by atoms with E-state index in [1.54, 1.807) is 48.5 Å². The molecule has 3 aromatic carbocycles. The number of aryl methyl sites for hydroxylation is 1. The van der Waals surface area contributed by atoms with Crippen molar-refractivity contribution in [3.8, 4) is 17.2 Å². The van der Waals surface area contributed by atoms with Crippen molar-refractivity contribution in [2.24, 2.45) is 0 Å². The van der Waals surface area contributed by atoms with Crippen LogP contribution in [0.4, 0.5) is 0 Å². The van der Waals surface area contributed by atoms with E-state index in [-0.39, 0.29) is 11.5 Å². The molecule has 3 aromatic rings. The molecule has 0 unspecified atom stereocenters. The molecule has 0 fully saturated rings. The second-order valence-electron chi connectivity index (χ2n) is 4.55. The maximum Gasteiger partial charge on any atom is 0.116 e. The zero-order chi connectivity index (χ0) is 14.5. The molecule has 3 nitrogen and oxygen atoms in total. The average molecular weight is 268 g/mol. The Kier molecular flexibility index (Phi) is 4.11. The van der Waals surface area contributed by atoms with Gasteiger partial charge in [-0.05, 0) is 54.1 Å². The van der Waals surface area contributed by atoms with E-state index >= 15 is 0 Å². The Bertz CT molecular complexity index is 641. The number of phenolic OH excluding ortho intramolecular Hbond substituents is 3. The Hall–Kier alpha value is -2.68. The SMILES string of the molecule is Cc1ccc(O)cc1.Oc1ccc2cc(O)ccc2c1. The minimum absolute atomic E-state index is 0.244. The van der Waals surface area contributed by atoms with Crippen molar-refractivity contribution in [1.82, 2.24) is 0 Å². The van der Waals surface area contributed by atoms with Crippen LogP contribution in [0.2, 0.25) is 0 Å². The van der Waals surface area contributed by atoms with Crippen molar-refractivity contribution in [3.05, 3.63) is 66.2 Å².